The molecule has 1 atom stereocenters. The van der Waals surface area contributed by atoms with Gasteiger partial charge in [-0.1, -0.05) is 24.3 Å². The van der Waals surface area contributed by atoms with E-state index in [4.69, 9.17) is 5.73 Å². The highest BCUT2D eigenvalue weighted by molar-refractivity contribution is 7.15. The van der Waals surface area contributed by atoms with E-state index in [0.29, 0.717) is 0 Å². The Bertz CT molecular complexity index is 527. The summed E-state index contributed by atoms with van der Waals surface area (Å²) in [6.07, 6.45) is 4.55. The minimum atomic E-state index is 0.0781. The molecule has 1 unspecified atom stereocenters. The standard InChI is InChI=1S/C14H16N2S/c1-9(15)13-8-16-14(17-13)12-5-3-2-4-11(12)10-6-7-10/h2-5,8-10H,6-7,15H2,1H3. The van der Waals surface area contributed by atoms with Gasteiger partial charge in [-0.3, -0.25) is 0 Å². The molecule has 1 heterocycles. The van der Waals surface area contributed by atoms with Gasteiger partial charge in [0.05, 0.1) is 0 Å². The third-order valence-electron chi connectivity index (χ3n) is 3.18. The van der Waals surface area contributed by atoms with Gasteiger partial charge in [-0.15, -0.1) is 11.3 Å². The molecule has 1 fully saturated rings. The van der Waals surface area contributed by atoms with Crippen molar-refractivity contribution in [3.63, 3.8) is 0 Å². The average Bonchev–Trinajstić information content (AvgIpc) is 3.06. The lowest BCUT2D eigenvalue weighted by Crippen LogP contribution is -2.01. The Labute approximate surface area is 106 Å². The van der Waals surface area contributed by atoms with Crippen LogP contribution in [0.3, 0.4) is 0 Å². The van der Waals surface area contributed by atoms with Crippen LogP contribution in [0.2, 0.25) is 0 Å². The van der Waals surface area contributed by atoms with Crippen LogP contribution in [0.1, 0.15) is 42.2 Å². The molecule has 1 aromatic carbocycles. The second-order valence-electron chi connectivity index (χ2n) is 4.72. The van der Waals surface area contributed by atoms with Crippen molar-refractivity contribution in [1.82, 2.24) is 4.98 Å². The van der Waals surface area contributed by atoms with Gasteiger partial charge in [0.1, 0.15) is 5.01 Å². The van der Waals surface area contributed by atoms with Crippen molar-refractivity contribution in [1.29, 1.82) is 0 Å². The molecule has 1 aliphatic rings. The lowest BCUT2D eigenvalue weighted by atomic mass is 10.0. The Balaban J connectivity index is 2.02. The van der Waals surface area contributed by atoms with Crippen LogP contribution in [0, 0.1) is 0 Å². The molecule has 0 radical (unpaired) electrons. The van der Waals surface area contributed by atoms with Crippen LogP contribution >= 0.6 is 11.3 Å². The Kier molecular flexibility index (Phi) is 2.73. The highest BCUT2D eigenvalue weighted by atomic mass is 32.1. The molecular formula is C14H16N2S. The van der Waals surface area contributed by atoms with Gasteiger partial charge >= 0.3 is 0 Å². The minimum absolute atomic E-state index is 0.0781. The predicted molar refractivity (Wildman–Crippen MR) is 72.1 cm³/mol. The lowest BCUT2D eigenvalue weighted by Gasteiger charge is -2.05. The summed E-state index contributed by atoms with van der Waals surface area (Å²) < 4.78 is 0. The molecule has 0 amide bonds. The number of hydrogen-bond donors (Lipinski definition) is 1. The molecule has 1 saturated carbocycles. The Morgan fingerprint density at radius 1 is 1.35 bits per heavy atom. The van der Waals surface area contributed by atoms with Gasteiger partial charge in [-0.25, -0.2) is 4.98 Å². The van der Waals surface area contributed by atoms with Gasteiger partial charge in [0.15, 0.2) is 0 Å². The van der Waals surface area contributed by atoms with E-state index in [1.54, 1.807) is 11.3 Å². The van der Waals surface area contributed by atoms with Crippen LogP contribution in [0.5, 0.6) is 0 Å². The van der Waals surface area contributed by atoms with Crippen LogP contribution in [0.25, 0.3) is 10.6 Å². The summed E-state index contributed by atoms with van der Waals surface area (Å²) in [6, 6.07) is 8.71. The van der Waals surface area contributed by atoms with Gasteiger partial charge in [-0.2, -0.15) is 0 Å². The first-order valence-corrected chi connectivity index (χ1v) is 6.88. The van der Waals surface area contributed by atoms with E-state index in [0.717, 1.165) is 15.8 Å². The average molecular weight is 244 g/mol. The zero-order valence-electron chi connectivity index (χ0n) is 9.89. The predicted octanol–water partition coefficient (Wildman–Crippen LogP) is 3.71. The van der Waals surface area contributed by atoms with Crippen molar-refractivity contribution in [3.05, 3.63) is 40.9 Å². The lowest BCUT2D eigenvalue weighted by molar-refractivity contribution is 0.835. The van der Waals surface area contributed by atoms with E-state index in [1.807, 2.05) is 13.1 Å². The molecule has 2 aromatic rings. The van der Waals surface area contributed by atoms with E-state index in [2.05, 4.69) is 29.2 Å². The normalized spacial score (nSPS) is 17.1. The number of aromatic nitrogens is 1. The molecule has 3 rings (SSSR count). The van der Waals surface area contributed by atoms with E-state index >= 15 is 0 Å². The quantitative estimate of drug-likeness (QED) is 0.894. The van der Waals surface area contributed by atoms with Crippen LogP contribution in [-0.4, -0.2) is 4.98 Å². The third-order valence-corrected chi connectivity index (χ3v) is 4.41. The smallest absolute Gasteiger partial charge is 0.123 e. The highest BCUT2D eigenvalue weighted by Gasteiger charge is 2.26. The molecule has 0 saturated heterocycles. The second kappa shape index (κ2) is 4.24. The fourth-order valence-electron chi connectivity index (χ4n) is 2.06. The number of nitrogens with zero attached hydrogens (tertiary/aromatic N) is 1. The van der Waals surface area contributed by atoms with Gasteiger partial charge in [0.2, 0.25) is 0 Å². The first-order valence-electron chi connectivity index (χ1n) is 6.06. The van der Waals surface area contributed by atoms with Crippen LogP contribution < -0.4 is 5.73 Å². The fraction of sp³-hybridized carbons (Fsp3) is 0.357. The zero-order chi connectivity index (χ0) is 11.8. The molecule has 3 heteroatoms. The maximum Gasteiger partial charge on any atom is 0.123 e. The van der Waals surface area contributed by atoms with E-state index in [1.165, 1.54) is 24.0 Å². The number of benzene rings is 1. The molecule has 0 aliphatic heterocycles. The van der Waals surface area contributed by atoms with Crippen molar-refractivity contribution in [2.75, 3.05) is 0 Å². The summed E-state index contributed by atoms with van der Waals surface area (Å²) in [5, 5.41) is 1.11. The summed E-state index contributed by atoms with van der Waals surface area (Å²) in [6.45, 7) is 2.00. The van der Waals surface area contributed by atoms with Crippen LogP contribution in [0.15, 0.2) is 30.5 Å². The topological polar surface area (TPSA) is 38.9 Å². The van der Waals surface area contributed by atoms with Crippen LogP contribution in [0.4, 0.5) is 0 Å². The maximum absolute atomic E-state index is 5.89. The number of thiazole rings is 1. The summed E-state index contributed by atoms with van der Waals surface area (Å²) in [4.78, 5) is 5.68. The van der Waals surface area contributed by atoms with Gasteiger partial charge in [0, 0.05) is 22.7 Å². The van der Waals surface area contributed by atoms with Crippen molar-refractivity contribution >= 4 is 11.3 Å². The first kappa shape index (κ1) is 10.9. The van der Waals surface area contributed by atoms with Gasteiger partial charge in [0.25, 0.3) is 0 Å². The molecule has 17 heavy (non-hydrogen) atoms. The maximum atomic E-state index is 5.89. The monoisotopic (exact) mass is 244 g/mol. The molecule has 88 valence electrons. The second-order valence-corrected chi connectivity index (χ2v) is 5.78. The summed E-state index contributed by atoms with van der Waals surface area (Å²) in [5.74, 6) is 0.758. The van der Waals surface area contributed by atoms with Gasteiger partial charge < -0.3 is 5.73 Å². The number of rotatable bonds is 3. The number of hydrogen-bond acceptors (Lipinski definition) is 3. The summed E-state index contributed by atoms with van der Waals surface area (Å²) in [7, 11) is 0. The molecule has 0 spiro atoms. The number of nitrogens with two attached hydrogens (primary N) is 1. The van der Waals surface area contributed by atoms with Crippen LogP contribution in [-0.2, 0) is 0 Å². The molecule has 1 aliphatic carbocycles. The van der Waals surface area contributed by atoms with Gasteiger partial charge in [-0.05, 0) is 31.2 Å². The summed E-state index contributed by atoms with van der Waals surface area (Å²) in [5.41, 5.74) is 8.64. The van der Waals surface area contributed by atoms with Crippen molar-refractivity contribution in [3.8, 4) is 10.6 Å². The Morgan fingerprint density at radius 2 is 2.12 bits per heavy atom. The van der Waals surface area contributed by atoms with Crippen molar-refractivity contribution < 1.29 is 0 Å². The van der Waals surface area contributed by atoms with E-state index < -0.39 is 0 Å². The SMILES string of the molecule is CC(N)c1cnc(-c2ccccc2C2CC2)s1. The molecular weight excluding hydrogens is 228 g/mol. The van der Waals surface area contributed by atoms with Crippen molar-refractivity contribution in [2.24, 2.45) is 5.73 Å². The zero-order valence-corrected chi connectivity index (χ0v) is 10.7. The van der Waals surface area contributed by atoms with Crippen molar-refractivity contribution in [2.45, 2.75) is 31.7 Å². The minimum Gasteiger partial charge on any atom is -0.323 e. The Morgan fingerprint density at radius 3 is 2.76 bits per heavy atom. The Hall–Kier alpha value is -1.19. The molecule has 1 aromatic heterocycles. The molecule has 0 bridgehead atoms. The van der Waals surface area contributed by atoms with E-state index in [-0.39, 0.29) is 6.04 Å². The molecule has 2 nitrogen and oxygen atoms in total. The highest BCUT2D eigenvalue weighted by Crippen LogP contribution is 2.45. The molecule has 2 N–H and O–H groups in total. The summed E-state index contributed by atoms with van der Waals surface area (Å²) >= 11 is 1.72. The first-order chi connectivity index (χ1) is 8.25. The largest absolute Gasteiger partial charge is 0.323 e. The van der Waals surface area contributed by atoms with E-state index in [9.17, 15) is 0 Å². The third kappa shape index (κ3) is 2.13. The fourth-order valence-corrected chi connectivity index (χ4v) is 2.98.